The number of hydrogen-bond acceptors (Lipinski definition) is 5. The molecule has 7 heteroatoms. The van der Waals surface area contributed by atoms with Gasteiger partial charge in [0.25, 0.3) is 5.91 Å². The van der Waals surface area contributed by atoms with Crippen molar-refractivity contribution in [3.05, 3.63) is 47.7 Å². The summed E-state index contributed by atoms with van der Waals surface area (Å²) < 4.78 is 7.30. The van der Waals surface area contributed by atoms with E-state index in [0.717, 1.165) is 61.4 Å². The molecular weight excluding hydrogens is 426 g/mol. The molecule has 0 bridgehead atoms. The number of fused-ring (bicyclic) bond motifs is 1. The molecule has 182 valence electrons. The average Bonchev–Trinajstić information content (AvgIpc) is 3.29. The molecule has 0 radical (unpaired) electrons. The molecule has 1 fully saturated rings. The van der Waals surface area contributed by atoms with Gasteiger partial charge in [0.1, 0.15) is 0 Å². The predicted octanol–water partition coefficient (Wildman–Crippen LogP) is 4.51. The van der Waals surface area contributed by atoms with Crippen molar-refractivity contribution in [3.8, 4) is 11.3 Å². The third-order valence-corrected chi connectivity index (χ3v) is 6.61. The summed E-state index contributed by atoms with van der Waals surface area (Å²) in [6, 6.07) is 10.4. The van der Waals surface area contributed by atoms with Crippen LogP contribution in [0.5, 0.6) is 0 Å². The summed E-state index contributed by atoms with van der Waals surface area (Å²) in [7, 11) is 2.16. The number of nitrogens with one attached hydrogen (secondary N) is 1. The highest BCUT2D eigenvalue weighted by molar-refractivity contribution is 6.06. The lowest BCUT2D eigenvalue weighted by atomic mass is 10.00. The van der Waals surface area contributed by atoms with Crippen LogP contribution in [0.15, 0.2) is 36.5 Å². The standard InChI is InChI=1S/C27H37N5O2/c1-4-6-12-31(3)19-21-8-7-9-22(15-21)25-16-23(24-18-29-32(5-2)26(24)30-25)27(33)28-17-20-10-13-34-14-11-20/h7-9,15-16,18,20H,4-6,10-14,17,19H2,1-3H3,(H,28,33). The second-order valence-electron chi connectivity index (χ2n) is 9.31. The van der Waals surface area contributed by atoms with Gasteiger partial charge in [0.2, 0.25) is 0 Å². The van der Waals surface area contributed by atoms with Gasteiger partial charge in [-0.15, -0.1) is 0 Å². The van der Waals surface area contributed by atoms with Crippen LogP contribution in [0, 0.1) is 5.92 Å². The van der Waals surface area contributed by atoms with Crippen molar-refractivity contribution in [2.24, 2.45) is 5.92 Å². The Hall–Kier alpha value is -2.77. The Labute approximate surface area is 202 Å². The molecule has 1 saturated heterocycles. The van der Waals surface area contributed by atoms with Crippen LogP contribution in [0.3, 0.4) is 0 Å². The molecule has 3 heterocycles. The number of carbonyl (C=O) groups excluding carboxylic acids is 1. The van der Waals surface area contributed by atoms with Crippen molar-refractivity contribution < 1.29 is 9.53 Å². The lowest BCUT2D eigenvalue weighted by Crippen LogP contribution is -2.32. The van der Waals surface area contributed by atoms with Crippen molar-refractivity contribution in [3.63, 3.8) is 0 Å². The maximum absolute atomic E-state index is 13.3. The van der Waals surface area contributed by atoms with Gasteiger partial charge in [-0.3, -0.25) is 4.79 Å². The summed E-state index contributed by atoms with van der Waals surface area (Å²) >= 11 is 0. The van der Waals surface area contributed by atoms with Crippen LogP contribution in [0.25, 0.3) is 22.3 Å². The zero-order valence-corrected chi connectivity index (χ0v) is 20.7. The number of rotatable bonds is 10. The van der Waals surface area contributed by atoms with Crippen molar-refractivity contribution >= 4 is 16.9 Å². The summed E-state index contributed by atoms with van der Waals surface area (Å²) in [4.78, 5) is 20.6. The minimum atomic E-state index is -0.0637. The molecule has 0 spiro atoms. The Morgan fingerprint density at radius 2 is 2.06 bits per heavy atom. The summed E-state index contributed by atoms with van der Waals surface area (Å²) in [5.74, 6) is 0.403. The molecule has 1 aromatic carbocycles. The van der Waals surface area contributed by atoms with Crippen LogP contribution in [-0.2, 0) is 17.8 Å². The van der Waals surface area contributed by atoms with Crippen molar-refractivity contribution in [1.29, 1.82) is 0 Å². The number of unbranched alkanes of at least 4 members (excludes halogenated alkanes) is 1. The Kier molecular flexibility index (Phi) is 8.29. The monoisotopic (exact) mass is 463 g/mol. The van der Waals surface area contributed by atoms with Crippen molar-refractivity contribution in [2.45, 2.75) is 52.6 Å². The van der Waals surface area contributed by atoms with Gasteiger partial charge in [-0.1, -0.05) is 31.5 Å². The van der Waals surface area contributed by atoms with Crippen LogP contribution >= 0.6 is 0 Å². The average molecular weight is 464 g/mol. The van der Waals surface area contributed by atoms with Crippen LogP contribution in [0.2, 0.25) is 0 Å². The van der Waals surface area contributed by atoms with E-state index in [-0.39, 0.29) is 5.91 Å². The molecule has 0 aliphatic carbocycles. The highest BCUT2D eigenvalue weighted by Crippen LogP contribution is 2.26. The zero-order chi connectivity index (χ0) is 23.9. The highest BCUT2D eigenvalue weighted by Gasteiger charge is 2.20. The molecule has 2 aromatic heterocycles. The number of hydrogen-bond donors (Lipinski definition) is 1. The minimum Gasteiger partial charge on any atom is -0.381 e. The van der Waals surface area contributed by atoms with E-state index in [0.29, 0.717) is 24.6 Å². The lowest BCUT2D eigenvalue weighted by Gasteiger charge is -2.22. The van der Waals surface area contributed by atoms with Gasteiger partial charge in [0.15, 0.2) is 5.65 Å². The summed E-state index contributed by atoms with van der Waals surface area (Å²) in [5.41, 5.74) is 4.45. The normalized spacial score (nSPS) is 14.7. The van der Waals surface area contributed by atoms with Gasteiger partial charge in [-0.25, -0.2) is 9.67 Å². The number of pyridine rings is 1. The van der Waals surface area contributed by atoms with Crippen molar-refractivity contribution in [1.82, 2.24) is 25.0 Å². The lowest BCUT2D eigenvalue weighted by molar-refractivity contribution is 0.0643. The number of aromatic nitrogens is 3. The predicted molar refractivity (Wildman–Crippen MR) is 136 cm³/mol. The van der Waals surface area contributed by atoms with Gasteiger partial charge < -0.3 is 15.0 Å². The Morgan fingerprint density at radius 3 is 2.82 bits per heavy atom. The van der Waals surface area contributed by atoms with E-state index in [1.807, 2.05) is 17.7 Å². The first-order valence-corrected chi connectivity index (χ1v) is 12.6. The fourth-order valence-electron chi connectivity index (χ4n) is 4.55. The third kappa shape index (κ3) is 5.83. The molecule has 34 heavy (non-hydrogen) atoms. The molecule has 0 saturated carbocycles. The molecule has 4 rings (SSSR count). The molecule has 1 amide bonds. The maximum Gasteiger partial charge on any atom is 0.252 e. The molecule has 1 N–H and O–H groups in total. The van der Waals surface area contributed by atoms with E-state index in [1.54, 1.807) is 6.20 Å². The smallest absolute Gasteiger partial charge is 0.252 e. The molecule has 3 aromatic rings. The molecular formula is C27H37N5O2. The molecule has 0 unspecified atom stereocenters. The quantitative estimate of drug-likeness (QED) is 0.479. The first kappa shape index (κ1) is 24.4. The van der Waals surface area contributed by atoms with Gasteiger partial charge >= 0.3 is 0 Å². The van der Waals surface area contributed by atoms with Crippen LogP contribution < -0.4 is 5.32 Å². The second-order valence-corrected chi connectivity index (χ2v) is 9.31. The van der Waals surface area contributed by atoms with E-state index in [4.69, 9.17) is 9.72 Å². The Bertz CT molecular complexity index is 1100. The molecule has 0 atom stereocenters. The molecule has 1 aliphatic heterocycles. The molecule has 1 aliphatic rings. The molecule has 7 nitrogen and oxygen atoms in total. The fourth-order valence-corrected chi connectivity index (χ4v) is 4.55. The number of nitrogens with zero attached hydrogens (tertiary/aromatic N) is 4. The van der Waals surface area contributed by atoms with Crippen LogP contribution in [0.4, 0.5) is 0 Å². The number of ether oxygens (including phenoxy) is 1. The fraction of sp³-hybridized carbons (Fsp3) is 0.519. The largest absolute Gasteiger partial charge is 0.381 e. The summed E-state index contributed by atoms with van der Waals surface area (Å²) in [6.07, 6.45) is 6.13. The second kappa shape index (κ2) is 11.6. The Morgan fingerprint density at radius 1 is 1.24 bits per heavy atom. The number of amides is 1. The summed E-state index contributed by atoms with van der Waals surface area (Å²) in [5, 5.41) is 8.43. The van der Waals surface area contributed by atoms with E-state index in [2.05, 4.69) is 53.6 Å². The van der Waals surface area contributed by atoms with Crippen molar-refractivity contribution in [2.75, 3.05) is 33.4 Å². The van der Waals surface area contributed by atoms with Gasteiger partial charge in [-0.2, -0.15) is 5.10 Å². The number of aryl methyl sites for hydroxylation is 1. The van der Waals surface area contributed by atoms with E-state index >= 15 is 0 Å². The first-order valence-electron chi connectivity index (χ1n) is 12.6. The van der Waals surface area contributed by atoms with Gasteiger partial charge in [-0.05, 0) is 63.4 Å². The maximum atomic E-state index is 13.3. The first-order chi connectivity index (χ1) is 16.6. The SMILES string of the molecule is CCCCN(C)Cc1cccc(-c2cc(C(=O)NCC3CCOCC3)c3cnn(CC)c3n2)c1. The van der Waals surface area contributed by atoms with Gasteiger partial charge in [0, 0.05) is 38.4 Å². The minimum absolute atomic E-state index is 0.0637. The summed E-state index contributed by atoms with van der Waals surface area (Å²) in [6.45, 7) is 9.15. The van der Waals surface area contributed by atoms with E-state index in [9.17, 15) is 4.79 Å². The third-order valence-electron chi connectivity index (χ3n) is 6.61. The van der Waals surface area contributed by atoms with Gasteiger partial charge in [0.05, 0.1) is 22.8 Å². The van der Waals surface area contributed by atoms with E-state index < -0.39 is 0 Å². The number of benzene rings is 1. The topological polar surface area (TPSA) is 72.3 Å². The number of carbonyl (C=O) groups is 1. The Balaban J connectivity index is 1.61. The van der Waals surface area contributed by atoms with E-state index in [1.165, 1.54) is 18.4 Å². The zero-order valence-electron chi connectivity index (χ0n) is 20.7. The van der Waals surface area contributed by atoms with Crippen LogP contribution in [-0.4, -0.2) is 58.9 Å². The van der Waals surface area contributed by atoms with Crippen LogP contribution in [0.1, 0.15) is 55.5 Å². The highest BCUT2D eigenvalue weighted by atomic mass is 16.5.